The number of ether oxygens (including phenoxy) is 2. The number of aromatic amines is 1. The van der Waals surface area contributed by atoms with Gasteiger partial charge in [-0.3, -0.25) is 9.59 Å². The zero-order valence-electron chi connectivity index (χ0n) is 17.0. The topological polar surface area (TPSA) is 71.6 Å². The second-order valence-electron chi connectivity index (χ2n) is 7.42. The molecule has 6 heteroatoms. The number of hydrogen-bond donors (Lipinski definition) is 1. The average molecular weight is 392 g/mol. The van der Waals surface area contributed by atoms with Crippen molar-refractivity contribution >= 4 is 16.8 Å². The number of carbonyl (C=O) groups is 1. The van der Waals surface area contributed by atoms with E-state index in [1.807, 2.05) is 43.3 Å². The van der Waals surface area contributed by atoms with Crippen LogP contribution in [0.5, 0.6) is 11.5 Å². The van der Waals surface area contributed by atoms with Gasteiger partial charge in [0.2, 0.25) is 5.91 Å². The highest BCUT2D eigenvalue weighted by molar-refractivity contribution is 5.81. The molecule has 2 heterocycles. The molecular formula is C23H24N2O4. The van der Waals surface area contributed by atoms with E-state index in [2.05, 4.69) is 4.98 Å². The van der Waals surface area contributed by atoms with Gasteiger partial charge in [0.15, 0.2) is 11.5 Å². The summed E-state index contributed by atoms with van der Waals surface area (Å²) in [6, 6.07) is 11.2. The number of nitrogens with zero attached hydrogens (tertiary/aromatic N) is 1. The third kappa shape index (κ3) is 3.24. The van der Waals surface area contributed by atoms with Crippen LogP contribution < -0.4 is 15.0 Å². The van der Waals surface area contributed by atoms with Crippen molar-refractivity contribution in [3.63, 3.8) is 0 Å². The first kappa shape index (κ1) is 19.1. The first-order valence-electron chi connectivity index (χ1n) is 9.58. The summed E-state index contributed by atoms with van der Waals surface area (Å²) in [5, 5.41) is 0.932. The maximum atomic E-state index is 13.0. The van der Waals surface area contributed by atoms with E-state index in [9.17, 15) is 9.59 Å². The van der Waals surface area contributed by atoms with Gasteiger partial charge < -0.3 is 19.4 Å². The highest BCUT2D eigenvalue weighted by atomic mass is 16.5. The molecule has 4 rings (SSSR count). The summed E-state index contributed by atoms with van der Waals surface area (Å²) < 4.78 is 10.9. The molecule has 3 aromatic rings. The Morgan fingerprint density at radius 1 is 1.07 bits per heavy atom. The lowest BCUT2D eigenvalue weighted by Gasteiger charge is -2.37. The molecule has 29 heavy (non-hydrogen) atoms. The van der Waals surface area contributed by atoms with Crippen molar-refractivity contribution in [2.75, 3.05) is 20.8 Å². The average Bonchev–Trinajstić information content (AvgIpc) is 2.71. The molecule has 0 saturated carbocycles. The van der Waals surface area contributed by atoms with Crippen LogP contribution >= 0.6 is 0 Å². The van der Waals surface area contributed by atoms with Crippen LogP contribution in [0.15, 0.2) is 41.2 Å². The van der Waals surface area contributed by atoms with E-state index >= 15 is 0 Å². The zero-order valence-corrected chi connectivity index (χ0v) is 17.0. The standard InChI is InChI=1S/C23H24N2O4/c1-13-5-6-16-10-18(23(27)24-19(16)9-13)22-17-12-21(29-4)20(28-3)11-15(17)7-8-25(22)14(2)26/h5-6,9-12,22H,7-8H2,1-4H3,(H,24,27). The first-order chi connectivity index (χ1) is 13.9. The molecule has 0 bridgehead atoms. The van der Waals surface area contributed by atoms with Gasteiger partial charge in [-0.05, 0) is 59.7 Å². The van der Waals surface area contributed by atoms with Crippen molar-refractivity contribution < 1.29 is 14.3 Å². The zero-order chi connectivity index (χ0) is 20.7. The van der Waals surface area contributed by atoms with Crippen LogP contribution in [0.4, 0.5) is 0 Å². The van der Waals surface area contributed by atoms with Gasteiger partial charge in [-0.1, -0.05) is 12.1 Å². The predicted octanol–water partition coefficient (Wildman–Crippen LogP) is 3.35. The number of methoxy groups -OCH3 is 2. The summed E-state index contributed by atoms with van der Waals surface area (Å²) >= 11 is 0. The Kier molecular flexibility index (Phi) is 4.78. The van der Waals surface area contributed by atoms with Crippen LogP contribution in [0.2, 0.25) is 0 Å². The molecule has 0 spiro atoms. The molecular weight excluding hydrogens is 368 g/mol. The van der Waals surface area contributed by atoms with Crippen molar-refractivity contribution in [2.24, 2.45) is 0 Å². The fourth-order valence-corrected chi connectivity index (χ4v) is 4.16. The molecule has 1 atom stereocenters. The molecule has 6 nitrogen and oxygen atoms in total. The molecule has 150 valence electrons. The second-order valence-corrected chi connectivity index (χ2v) is 7.42. The van der Waals surface area contributed by atoms with E-state index in [1.165, 1.54) is 6.92 Å². The quantitative estimate of drug-likeness (QED) is 0.742. The van der Waals surface area contributed by atoms with Crippen LogP contribution in [-0.2, 0) is 11.2 Å². The fraction of sp³-hybridized carbons (Fsp3) is 0.304. The van der Waals surface area contributed by atoms with Crippen molar-refractivity contribution in [1.82, 2.24) is 9.88 Å². The Morgan fingerprint density at radius 3 is 2.48 bits per heavy atom. The lowest BCUT2D eigenvalue weighted by atomic mass is 9.87. The van der Waals surface area contributed by atoms with E-state index in [0.29, 0.717) is 30.0 Å². The number of aromatic nitrogens is 1. The van der Waals surface area contributed by atoms with E-state index in [0.717, 1.165) is 27.6 Å². The Hall–Kier alpha value is -3.28. The summed E-state index contributed by atoms with van der Waals surface area (Å²) in [6.07, 6.45) is 0.691. The fourth-order valence-electron chi connectivity index (χ4n) is 4.16. The molecule has 0 saturated heterocycles. The third-order valence-corrected chi connectivity index (χ3v) is 5.60. The predicted molar refractivity (Wildman–Crippen MR) is 112 cm³/mol. The van der Waals surface area contributed by atoms with Gasteiger partial charge in [-0.2, -0.15) is 0 Å². The summed E-state index contributed by atoms with van der Waals surface area (Å²) in [7, 11) is 3.18. The third-order valence-electron chi connectivity index (χ3n) is 5.60. The number of nitrogens with one attached hydrogen (secondary N) is 1. The van der Waals surface area contributed by atoms with E-state index in [1.54, 1.807) is 19.1 Å². The number of amides is 1. The van der Waals surface area contributed by atoms with Crippen LogP contribution in [0, 0.1) is 6.92 Å². The van der Waals surface area contributed by atoms with Gasteiger partial charge in [0, 0.05) is 24.5 Å². The largest absolute Gasteiger partial charge is 0.493 e. The molecule has 0 aliphatic carbocycles. The molecule has 1 aliphatic heterocycles. The van der Waals surface area contributed by atoms with Gasteiger partial charge in [0.25, 0.3) is 5.56 Å². The van der Waals surface area contributed by atoms with E-state index < -0.39 is 6.04 Å². The monoisotopic (exact) mass is 392 g/mol. The minimum Gasteiger partial charge on any atom is -0.493 e. The molecule has 0 fully saturated rings. The number of aryl methyl sites for hydroxylation is 1. The number of pyridine rings is 1. The smallest absolute Gasteiger partial charge is 0.254 e. The van der Waals surface area contributed by atoms with Crippen LogP contribution in [-0.4, -0.2) is 36.6 Å². The Labute approximate surface area is 169 Å². The van der Waals surface area contributed by atoms with Crippen molar-refractivity contribution in [2.45, 2.75) is 26.3 Å². The summed E-state index contributed by atoms with van der Waals surface area (Å²) in [5.74, 6) is 1.15. The molecule has 1 amide bonds. The second kappa shape index (κ2) is 7.28. The van der Waals surface area contributed by atoms with Gasteiger partial charge in [0.05, 0.1) is 20.3 Å². The maximum Gasteiger partial charge on any atom is 0.254 e. The maximum absolute atomic E-state index is 13.0. The van der Waals surface area contributed by atoms with Crippen molar-refractivity contribution in [3.8, 4) is 11.5 Å². The van der Waals surface area contributed by atoms with E-state index in [-0.39, 0.29) is 11.5 Å². The number of benzene rings is 2. The summed E-state index contributed by atoms with van der Waals surface area (Å²) in [4.78, 5) is 30.2. The van der Waals surface area contributed by atoms with Crippen LogP contribution in [0.3, 0.4) is 0 Å². The number of hydrogen-bond acceptors (Lipinski definition) is 4. The SMILES string of the molecule is COc1cc2c(cc1OC)C(c1cc3ccc(C)cc3[nH]c1=O)N(C(C)=O)CC2. The van der Waals surface area contributed by atoms with Crippen LogP contribution in [0.25, 0.3) is 10.9 Å². The molecule has 1 aromatic heterocycles. The minimum absolute atomic E-state index is 0.0705. The molecule has 2 aromatic carbocycles. The number of H-pyrrole nitrogens is 1. The minimum atomic E-state index is -0.481. The molecule has 1 unspecified atom stereocenters. The van der Waals surface area contributed by atoms with Crippen molar-refractivity contribution in [3.05, 3.63) is 69.0 Å². The van der Waals surface area contributed by atoms with Gasteiger partial charge in [0.1, 0.15) is 0 Å². The Bertz CT molecular complexity index is 1170. The van der Waals surface area contributed by atoms with Crippen LogP contribution in [0.1, 0.15) is 35.2 Å². The number of fused-ring (bicyclic) bond motifs is 2. The Morgan fingerprint density at radius 2 is 1.79 bits per heavy atom. The van der Waals surface area contributed by atoms with Gasteiger partial charge >= 0.3 is 0 Å². The highest BCUT2D eigenvalue weighted by Gasteiger charge is 2.33. The van der Waals surface area contributed by atoms with E-state index in [4.69, 9.17) is 9.47 Å². The van der Waals surface area contributed by atoms with Gasteiger partial charge in [-0.25, -0.2) is 0 Å². The number of carbonyl (C=O) groups excluding carboxylic acids is 1. The van der Waals surface area contributed by atoms with Crippen molar-refractivity contribution in [1.29, 1.82) is 0 Å². The molecule has 1 N–H and O–H groups in total. The number of rotatable bonds is 3. The molecule has 1 aliphatic rings. The molecule has 0 radical (unpaired) electrons. The Balaban J connectivity index is 1.96. The summed E-state index contributed by atoms with van der Waals surface area (Å²) in [5.41, 5.74) is 4.16. The lowest BCUT2D eigenvalue weighted by molar-refractivity contribution is -0.130. The summed E-state index contributed by atoms with van der Waals surface area (Å²) in [6.45, 7) is 4.06. The van der Waals surface area contributed by atoms with Gasteiger partial charge in [-0.15, -0.1) is 0 Å². The normalized spacial score (nSPS) is 15.9. The lowest BCUT2D eigenvalue weighted by Crippen LogP contribution is -2.41. The first-order valence-corrected chi connectivity index (χ1v) is 9.58. The highest BCUT2D eigenvalue weighted by Crippen LogP contribution is 2.40.